The van der Waals surface area contributed by atoms with Crippen molar-refractivity contribution in [3.63, 3.8) is 0 Å². The van der Waals surface area contributed by atoms with E-state index in [1.54, 1.807) is 0 Å². The quantitative estimate of drug-likeness (QED) is 0.798. The second-order valence-corrected chi connectivity index (χ2v) is 6.73. The maximum atomic E-state index is 12.8. The average Bonchev–Trinajstić information content (AvgIpc) is 2.78. The molecule has 5 heteroatoms. The maximum absolute atomic E-state index is 12.8. The van der Waals surface area contributed by atoms with E-state index in [1.807, 2.05) is 23.1 Å². The fourth-order valence-electron chi connectivity index (χ4n) is 3.86. The Morgan fingerprint density at radius 1 is 1.22 bits per heavy atom. The molecule has 5 nitrogen and oxygen atoms in total. The van der Waals surface area contributed by atoms with Gasteiger partial charge in [0.05, 0.1) is 25.4 Å². The highest BCUT2D eigenvalue weighted by Crippen LogP contribution is 2.34. The standard InChI is InChI=1S/C18H23NO4/c1-12-9-14-11-19(6-5-15(14)23-12)18(20)13-3-4-16-17(10-13)22-8-2-7-21-16/h3-4,10,12,14-15H,2,5-9,11H2,1H3/t12-,14-,15+/m0/s1. The minimum absolute atomic E-state index is 0.0821. The minimum Gasteiger partial charge on any atom is -0.490 e. The number of benzene rings is 1. The van der Waals surface area contributed by atoms with E-state index in [0.717, 1.165) is 38.1 Å². The Bertz CT molecular complexity index is 603. The molecule has 4 rings (SSSR count). The van der Waals surface area contributed by atoms with Crippen molar-refractivity contribution in [1.82, 2.24) is 4.90 Å². The molecule has 3 heterocycles. The van der Waals surface area contributed by atoms with Crippen molar-refractivity contribution in [3.05, 3.63) is 23.8 Å². The lowest BCUT2D eigenvalue weighted by Crippen LogP contribution is -2.44. The molecule has 3 atom stereocenters. The van der Waals surface area contributed by atoms with Gasteiger partial charge in [-0.1, -0.05) is 0 Å². The highest BCUT2D eigenvalue weighted by atomic mass is 16.5. The first-order chi connectivity index (χ1) is 11.2. The Kier molecular flexibility index (Phi) is 3.89. The van der Waals surface area contributed by atoms with Gasteiger partial charge in [0.2, 0.25) is 0 Å². The van der Waals surface area contributed by atoms with Crippen LogP contribution in [0.5, 0.6) is 11.5 Å². The normalized spacial score (nSPS) is 29.8. The molecule has 0 N–H and O–H groups in total. The lowest BCUT2D eigenvalue weighted by molar-refractivity contribution is 0.00864. The number of piperidine rings is 1. The summed E-state index contributed by atoms with van der Waals surface area (Å²) < 4.78 is 17.2. The van der Waals surface area contributed by atoms with E-state index in [2.05, 4.69) is 6.92 Å². The third-order valence-electron chi connectivity index (χ3n) is 4.99. The summed E-state index contributed by atoms with van der Waals surface area (Å²) in [4.78, 5) is 14.8. The number of amides is 1. The molecule has 23 heavy (non-hydrogen) atoms. The number of fused-ring (bicyclic) bond motifs is 2. The monoisotopic (exact) mass is 317 g/mol. The minimum atomic E-state index is 0.0821. The third-order valence-corrected chi connectivity index (χ3v) is 4.99. The second kappa shape index (κ2) is 6.04. The molecule has 1 amide bonds. The van der Waals surface area contributed by atoms with Crippen molar-refractivity contribution in [1.29, 1.82) is 0 Å². The molecular formula is C18H23NO4. The molecule has 124 valence electrons. The smallest absolute Gasteiger partial charge is 0.254 e. The van der Waals surface area contributed by atoms with Crippen LogP contribution in [0.1, 0.15) is 36.5 Å². The van der Waals surface area contributed by atoms with E-state index in [-0.39, 0.29) is 5.91 Å². The van der Waals surface area contributed by atoms with E-state index in [9.17, 15) is 4.79 Å². The fourth-order valence-corrected chi connectivity index (χ4v) is 3.86. The maximum Gasteiger partial charge on any atom is 0.254 e. The zero-order chi connectivity index (χ0) is 15.8. The zero-order valence-electron chi connectivity index (χ0n) is 13.5. The van der Waals surface area contributed by atoms with Gasteiger partial charge in [0.25, 0.3) is 5.91 Å². The summed E-state index contributed by atoms with van der Waals surface area (Å²) in [5, 5.41) is 0. The number of likely N-dealkylation sites (tertiary alicyclic amines) is 1. The van der Waals surface area contributed by atoms with Crippen LogP contribution in [-0.4, -0.2) is 49.3 Å². The SMILES string of the molecule is C[C@H]1C[C@H]2CN(C(=O)c3ccc4c(c3)OCCCO4)CC[C@H]2O1. The second-order valence-electron chi connectivity index (χ2n) is 6.73. The average molecular weight is 317 g/mol. The summed E-state index contributed by atoms with van der Waals surface area (Å²) in [5.74, 6) is 1.97. The van der Waals surface area contributed by atoms with E-state index < -0.39 is 0 Å². The Morgan fingerprint density at radius 2 is 2.04 bits per heavy atom. The number of carbonyl (C=O) groups is 1. The third kappa shape index (κ3) is 2.90. The van der Waals surface area contributed by atoms with E-state index >= 15 is 0 Å². The topological polar surface area (TPSA) is 48.0 Å². The van der Waals surface area contributed by atoms with E-state index in [1.165, 1.54) is 0 Å². The summed E-state index contributed by atoms with van der Waals surface area (Å²) in [6, 6.07) is 5.51. The Labute approximate surface area is 136 Å². The fraction of sp³-hybridized carbons (Fsp3) is 0.611. The molecular weight excluding hydrogens is 294 g/mol. The summed E-state index contributed by atoms with van der Waals surface area (Å²) in [6.45, 7) is 4.97. The first kappa shape index (κ1) is 14.8. The van der Waals surface area contributed by atoms with Crippen molar-refractivity contribution in [2.45, 2.75) is 38.4 Å². The van der Waals surface area contributed by atoms with Gasteiger partial charge in [0, 0.05) is 31.0 Å². The molecule has 1 aromatic carbocycles. The largest absolute Gasteiger partial charge is 0.490 e. The molecule has 0 bridgehead atoms. The number of carbonyl (C=O) groups excluding carboxylic acids is 1. The van der Waals surface area contributed by atoms with Crippen molar-refractivity contribution in [3.8, 4) is 11.5 Å². The van der Waals surface area contributed by atoms with Crippen LogP contribution in [0.2, 0.25) is 0 Å². The molecule has 3 aliphatic heterocycles. The van der Waals surface area contributed by atoms with Gasteiger partial charge in [0.1, 0.15) is 0 Å². The molecule has 0 unspecified atom stereocenters. The van der Waals surface area contributed by atoms with E-state index in [4.69, 9.17) is 14.2 Å². The highest BCUT2D eigenvalue weighted by Gasteiger charge is 2.38. The lowest BCUT2D eigenvalue weighted by Gasteiger charge is -2.34. The van der Waals surface area contributed by atoms with Gasteiger partial charge in [-0.2, -0.15) is 0 Å². The van der Waals surface area contributed by atoms with Crippen molar-refractivity contribution >= 4 is 5.91 Å². The van der Waals surface area contributed by atoms with Crippen molar-refractivity contribution in [2.75, 3.05) is 26.3 Å². The van der Waals surface area contributed by atoms with Crippen LogP contribution in [0.4, 0.5) is 0 Å². The number of ether oxygens (including phenoxy) is 3. The predicted molar refractivity (Wildman–Crippen MR) is 85.0 cm³/mol. The first-order valence-corrected chi connectivity index (χ1v) is 8.55. The van der Waals surface area contributed by atoms with Crippen LogP contribution in [0.25, 0.3) is 0 Å². The van der Waals surface area contributed by atoms with Crippen molar-refractivity contribution in [2.24, 2.45) is 5.92 Å². The van der Waals surface area contributed by atoms with Crippen molar-refractivity contribution < 1.29 is 19.0 Å². The van der Waals surface area contributed by atoms with Gasteiger partial charge in [-0.05, 0) is 38.0 Å². The Morgan fingerprint density at radius 3 is 2.91 bits per heavy atom. The summed E-state index contributed by atoms with van der Waals surface area (Å²) >= 11 is 0. The van der Waals surface area contributed by atoms with Gasteiger partial charge in [-0.25, -0.2) is 0 Å². The van der Waals surface area contributed by atoms with Gasteiger partial charge in [-0.3, -0.25) is 4.79 Å². The van der Waals surface area contributed by atoms with Gasteiger partial charge in [0.15, 0.2) is 11.5 Å². The molecule has 3 aliphatic rings. The van der Waals surface area contributed by atoms with Crippen LogP contribution < -0.4 is 9.47 Å². The summed E-state index contributed by atoms with van der Waals surface area (Å²) in [7, 11) is 0. The number of rotatable bonds is 1. The molecule has 0 aliphatic carbocycles. The van der Waals surface area contributed by atoms with Crippen LogP contribution in [0, 0.1) is 5.92 Å². The first-order valence-electron chi connectivity index (χ1n) is 8.55. The van der Waals surface area contributed by atoms with Gasteiger partial charge < -0.3 is 19.1 Å². The Balaban J connectivity index is 1.50. The van der Waals surface area contributed by atoms with Gasteiger partial charge >= 0.3 is 0 Å². The number of hydrogen-bond donors (Lipinski definition) is 0. The van der Waals surface area contributed by atoms with Crippen LogP contribution in [-0.2, 0) is 4.74 Å². The number of nitrogens with zero attached hydrogens (tertiary/aromatic N) is 1. The number of hydrogen-bond acceptors (Lipinski definition) is 4. The van der Waals surface area contributed by atoms with Gasteiger partial charge in [-0.15, -0.1) is 0 Å². The van der Waals surface area contributed by atoms with Crippen LogP contribution in [0.15, 0.2) is 18.2 Å². The molecule has 0 radical (unpaired) electrons. The van der Waals surface area contributed by atoms with Crippen LogP contribution in [0.3, 0.4) is 0 Å². The molecule has 0 spiro atoms. The molecule has 1 aromatic rings. The molecule has 0 saturated carbocycles. The predicted octanol–water partition coefficient (Wildman–Crippen LogP) is 2.49. The Hall–Kier alpha value is -1.75. The lowest BCUT2D eigenvalue weighted by atomic mass is 9.92. The molecule has 2 fully saturated rings. The summed E-state index contributed by atoms with van der Waals surface area (Å²) in [5.41, 5.74) is 0.680. The zero-order valence-corrected chi connectivity index (χ0v) is 13.5. The van der Waals surface area contributed by atoms with E-state index in [0.29, 0.717) is 42.7 Å². The molecule has 0 aromatic heterocycles. The van der Waals surface area contributed by atoms with Crippen LogP contribution >= 0.6 is 0 Å². The highest BCUT2D eigenvalue weighted by molar-refractivity contribution is 5.95. The summed E-state index contributed by atoms with van der Waals surface area (Å²) in [6.07, 6.45) is 3.50. The molecule has 2 saturated heterocycles.